The molecule has 0 aromatic carbocycles. The van der Waals surface area contributed by atoms with Gasteiger partial charge >= 0.3 is 6.16 Å². The highest BCUT2D eigenvalue weighted by Crippen LogP contribution is 2.22. The lowest BCUT2D eigenvalue weighted by molar-refractivity contribution is 0.142. The summed E-state index contributed by atoms with van der Waals surface area (Å²) in [6.45, 7) is 6.17. The second kappa shape index (κ2) is 3.65. The molecule has 0 radical (unpaired) electrons. The smallest absolute Gasteiger partial charge is 0.449 e. The maximum Gasteiger partial charge on any atom is 0.512 e. The van der Waals surface area contributed by atoms with Crippen LogP contribution in [0.25, 0.3) is 0 Å². The molecule has 0 aliphatic rings. The van der Waals surface area contributed by atoms with Crippen molar-refractivity contribution in [1.29, 1.82) is 0 Å². The third-order valence-electron chi connectivity index (χ3n) is 1.79. The monoisotopic (exact) mass is 195 g/mol. The third-order valence-corrected chi connectivity index (χ3v) is 1.79. The van der Waals surface area contributed by atoms with E-state index in [0.29, 0.717) is 0 Å². The number of hydrogen-bond acceptors (Lipinski definition) is 3. The predicted molar refractivity (Wildman–Crippen MR) is 51.6 cm³/mol. The summed E-state index contributed by atoms with van der Waals surface area (Å²) in [6.07, 6.45) is 0.277. The van der Waals surface area contributed by atoms with Crippen LogP contribution in [0.1, 0.15) is 26.3 Å². The van der Waals surface area contributed by atoms with Crippen molar-refractivity contribution in [3.8, 4) is 5.88 Å². The molecule has 0 aliphatic heterocycles. The fraction of sp³-hybridized carbons (Fsp3) is 0.400. The van der Waals surface area contributed by atoms with Crippen molar-refractivity contribution in [2.45, 2.75) is 26.2 Å². The van der Waals surface area contributed by atoms with Crippen molar-refractivity contribution in [1.82, 2.24) is 4.98 Å². The molecule has 4 nitrogen and oxygen atoms in total. The highest BCUT2D eigenvalue weighted by molar-refractivity contribution is 5.60. The molecule has 0 bridgehead atoms. The van der Waals surface area contributed by atoms with Crippen LogP contribution in [0.5, 0.6) is 5.88 Å². The van der Waals surface area contributed by atoms with E-state index in [4.69, 9.17) is 5.11 Å². The van der Waals surface area contributed by atoms with E-state index in [2.05, 4.69) is 30.5 Å². The molecule has 0 saturated carbocycles. The van der Waals surface area contributed by atoms with Crippen molar-refractivity contribution in [3.63, 3.8) is 0 Å². The molecule has 76 valence electrons. The Balaban J connectivity index is 2.84. The lowest BCUT2D eigenvalue weighted by atomic mass is 9.88. The molecule has 0 aliphatic carbocycles. The number of ether oxygens (including phenoxy) is 1. The summed E-state index contributed by atoms with van der Waals surface area (Å²) in [7, 11) is 0. The van der Waals surface area contributed by atoms with E-state index in [0.717, 1.165) is 5.56 Å². The number of carbonyl (C=O) groups is 1. The summed E-state index contributed by atoms with van der Waals surface area (Å²) in [5, 5.41) is 8.33. The topological polar surface area (TPSA) is 59.4 Å². The van der Waals surface area contributed by atoms with Crippen LogP contribution < -0.4 is 4.74 Å². The average Bonchev–Trinajstić information content (AvgIpc) is 2.02. The fourth-order valence-electron chi connectivity index (χ4n) is 0.974. The van der Waals surface area contributed by atoms with Crippen LogP contribution in [0.2, 0.25) is 0 Å². The zero-order chi connectivity index (χ0) is 10.8. The molecular weight excluding hydrogens is 182 g/mol. The van der Waals surface area contributed by atoms with Crippen LogP contribution in [0.4, 0.5) is 4.79 Å². The minimum atomic E-state index is -1.35. The second-order valence-electron chi connectivity index (χ2n) is 4.00. The molecule has 0 atom stereocenters. The van der Waals surface area contributed by atoms with Gasteiger partial charge < -0.3 is 9.84 Å². The molecule has 0 unspecified atom stereocenters. The molecule has 1 aromatic heterocycles. The molecule has 1 rings (SSSR count). The molecule has 14 heavy (non-hydrogen) atoms. The maximum atomic E-state index is 10.2. The number of aromatic nitrogens is 1. The minimum absolute atomic E-state index is 0.00868. The van der Waals surface area contributed by atoms with E-state index in [1.807, 2.05) is 6.07 Å². The highest BCUT2D eigenvalue weighted by Gasteiger charge is 2.14. The lowest BCUT2D eigenvalue weighted by Gasteiger charge is -2.18. The van der Waals surface area contributed by atoms with Crippen molar-refractivity contribution in [2.75, 3.05) is 0 Å². The molecule has 1 heterocycles. The molecular formula is C10H13NO3. The van der Waals surface area contributed by atoms with Crippen molar-refractivity contribution in [3.05, 3.63) is 23.9 Å². The van der Waals surface area contributed by atoms with E-state index < -0.39 is 6.16 Å². The number of hydrogen-bond donors (Lipinski definition) is 1. The summed E-state index contributed by atoms with van der Waals surface area (Å²) in [5.41, 5.74) is 1.05. The molecule has 4 heteroatoms. The Morgan fingerprint density at radius 1 is 1.43 bits per heavy atom. The van der Waals surface area contributed by atoms with Crippen molar-refractivity contribution >= 4 is 6.16 Å². The van der Waals surface area contributed by atoms with Gasteiger partial charge in [0.1, 0.15) is 0 Å². The Bertz CT molecular complexity index is 324. The van der Waals surface area contributed by atoms with Crippen LogP contribution in [0.3, 0.4) is 0 Å². The van der Waals surface area contributed by atoms with Gasteiger partial charge in [0.25, 0.3) is 0 Å². The number of pyridine rings is 1. The second-order valence-corrected chi connectivity index (χ2v) is 4.00. The first kappa shape index (κ1) is 10.5. The normalized spacial score (nSPS) is 11.1. The zero-order valence-corrected chi connectivity index (χ0v) is 8.44. The molecule has 0 fully saturated rings. The number of carboxylic acid groups (broad SMARTS) is 1. The van der Waals surface area contributed by atoms with Crippen LogP contribution in [-0.2, 0) is 5.41 Å². The summed E-state index contributed by atoms with van der Waals surface area (Å²) < 4.78 is 4.39. The van der Waals surface area contributed by atoms with Gasteiger partial charge in [0.15, 0.2) is 0 Å². The summed E-state index contributed by atoms with van der Waals surface area (Å²) in [6, 6.07) is 3.36. The third kappa shape index (κ3) is 2.73. The number of rotatable bonds is 1. The van der Waals surface area contributed by atoms with E-state index in [-0.39, 0.29) is 11.3 Å². The Morgan fingerprint density at radius 2 is 2.07 bits per heavy atom. The molecule has 0 amide bonds. The first-order valence-electron chi connectivity index (χ1n) is 4.27. The average molecular weight is 195 g/mol. The largest absolute Gasteiger partial charge is 0.512 e. The van der Waals surface area contributed by atoms with Crippen LogP contribution in [0, 0.1) is 0 Å². The Hall–Kier alpha value is -1.58. The molecule has 1 aromatic rings. The Kier molecular flexibility index (Phi) is 2.74. The summed E-state index contributed by atoms with van der Waals surface area (Å²) in [4.78, 5) is 14.1. The lowest BCUT2D eigenvalue weighted by Crippen LogP contribution is -2.12. The summed E-state index contributed by atoms with van der Waals surface area (Å²) >= 11 is 0. The van der Waals surface area contributed by atoms with Crippen LogP contribution in [-0.4, -0.2) is 16.2 Å². The number of nitrogens with zero attached hydrogens (tertiary/aromatic N) is 1. The Morgan fingerprint density at radius 3 is 2.43 bits per heavy atom. The maximum absolute atomic E-state index is 10.2. The molecule has 0 spiro atoms. The van der Waals surface area contributed by atoms with Gasteiger partial charge in [-0.15, -0.1) is 0 Å². The summed E-state index contributed by atoms with van der Waals surface area (Å²) in [5.74, 6) is 0.102. The Labute approximate surface area is 82.5 Å². The highest BCUT2D eigenvalue weighted by atomic mass is 16.7. The van der Waals surface area contributed by atoms with Crippen LogP contribution in [0.15, 0.2) is 18.3 Å². The van der Waals surface area contributed by atoms with Gasteiger partial charge in [0.2, 0.25) is 5.88 Å². The molecule has 0 saturated heterocycles. The van der Waals surface area contributed by atoms with Gasteiger partial charge in [-0.1, -0.05) is 26.8 Å². The van der Waals surface area contributed by atoms with Crippen molar-refractivity contribution < 1.29 is 14.6 Å². The van der Waals surface area contributed by atoms with E-state index >= 15 is 0 Å². The minimum Gasteiger partial charge on any atom is -0.449 e. The van der Waals surface area contributed by atoms with Gasteiger partial charge in [-0.05, 0) is 11.0 Å². The zero-order valence-electron chi connectivity index (χ0n) is 8.44. The van der Waals surface area contributed by atoms with E-state index in [9.17, 15) is 4.79 Å². The quantitative estimate of drug-likeness (QED) is 0.699. The van der Waals surface area contributed by atoms with Gasteiger partial charge in [-0.25, -0.2) is 9.78 Å². The standard InChI is InChI=1S/C10H13NO3/c1-10(2,3)7-4-5-8(11-6-7)14-9(12)13/h4-6H,1-3H3,(H,12,13). The first-order valence-corrected chi connectivity index (χ1v) is 4.27. The SMILES string of the molecule is CC(C)(C)c1ccc(OC(=O)O)nc1. The van der Waals surface area contributed by atoms with Crippen LogP contribution >= 0.6 is 0 Å². The fourth-order valence-corrected chi connectivity index (χ4v) is 0.974. The van der Waals surface area contributed by atoms with Crippen molar-refractivity contribution in [2.24, 2.45) is 0 Å². The van der Waals surface area contributed by atoms with E-state index in [1.165, 1.54) is 0 Å². The molecule has 1 N–H and O–H groups in total. The van der Waals surface area contributed by atoms with E-state index in [1.54, 1.807) is 12.3 Å². The first-order chi connectivity index (χ1) is 6.39. The van der Waals surface area contributed by atoms with Gasteiger partial charge in [0.05, 0.1) is 0 Å². The van der Waals surface area contributed by atoms with Gasteiger partial charge in [-0.2, -0.15) is 0 Å². The van der Waals surface area contributed by atoms with Gasteiger partial charge in [-0.3, -0.25) is 0 Å². The predicted octanol–water partition coefficient (Wildman–Crippen LogP) is 2.44. The van der Waals surface area contributed by atoms with Gasteiger partial charge in [0, 0.05) is 12.3 Å².